The zero-order valence-corrected chi connectivity index (χ0v) is 13.5. The van der Waals surface area contributed by atoms with Gasteiger partial charge in [0.05, 0.1) is 12.7 Å². The molecule has 0 spiro atoms. The Morgan fingerprint density at radius 1 is 1.43 bits per heavy atom. The lowest BCUT2D eigenvalue weighted by molar-refractivity contribution is -0.0586. The molecule has 1 fully saturated rings. The van der Waals surface area contributed by atoms with Crippen molar-refractivity contribution in [2.75, 3.05) is 33.4 Å². The summed E-state index contributed by atoms with van der Waals surface area (Å²) in [4.78, 5) is 2.49. The molecule has 1 heterocycles. The minimum atomic E-state index is 0.326. The third kappa shape index (κ3) is 4.99. The van der Waals surface area contributed by atoms with Crippen LogP contribution >= 0.6 is 0 Å². The number of nitrogens with one attached hydrogen (secondary N) is 1. The Hall–Kier alpha value is -1.10. The summed E-state index contributed by atoms with van der Waals surface area (Å²) in [7, 11) is 1.96. The van der Waals surface area contributed by atoms with E-state index >= 15 is 0 Å². The third-order valence-corrected chi connectivity index (χ3v) is 3.98. The molecule has 1 aliphatic rings. The summed E-state index contributed by atoms with van der Waals surface area (Å²) in [5.74, 6) is 0.956. The molecule has 21 heavy (non-hydrogen) atoms. The summed E-state index contributed by atoms with van der Waals surface area (Å²) < 4.78 is 11.6. The molecule has 4 heteroatoms. The Morgan fingerprint density at radius 3 is 3.05 bits per heavy atom. The van der Waals surface area contributed by atoms with Gasteiger partial charge in [0.25, 0.3) is 0 Å². The van der Waals surface area contributed by atoms with E-state index in [0.717, 1.165) is 45.0 Å². The molecule has 118 valence electrons. The molecule has 2 rings (SSSR count). The van der Waals surface area contributed by atoms with Gasteiger partial charge in [-0.15, -0.1) is 0 Å². The quantitative estimate of drug-likeness (QED) is 0.836. The molecule has 0 saturated carbocycles. The summed E-state index contributed by atoms with van der Waals surface area (Å²) in [5.41, 5.74) is 1.25. The van der Waals surface area contributed by atoms with Gasteiger partial charge in [0.2, 0.25) is 0 Å². The zero-order chi connectivity index (χ0) is 15.1. The van der Waals surface area contributed by atoms with E-state index in [4.69, 9.17) is 9.47 Å². The lowest BCUT2D eigenvalue weighted by atomic mass is 10.1. The van der Waals surface area contributed by atoms with E-state index in [1.165, 1.54) is 5.56 Å². The number of hydrogen-bond donors (Lipinski definition) is 1. The molecular weight excluding hydrogens is 264 g/mol. The molecule has 1 aromatic carbocycles. The smallest absolute Gasteiger partial charge is 0.119 e. The van der Waals surface area contributed by atoms with Crippen molar-refractivity contribution in [3.05, 3.63) is 29.8 Å². The molecule has 0 aliphatic carbocycles. The highest BCUT2D eigenvalue weighted by atomic mass is 16.5. The SMILES string of the molecule is CCC1COC(C)CN1CCOc1cccc(CNC)c1. The van der Waals surface area contributed by atoms with E-state index < -0.39 is 0 Å². The monoisotopic (exact) mass is 292 g/mol. The van der Waals surface area contributed by atoms with Crippen molar-refractivity contribution in [2.45, 2.75) is 39.0 Å². The first-order chi connectivity index (χ1) is 10.2. The highest BCUT2D eigenvalue weighted by Crippen LogP contribution is 2.16. The van der Waals surface area contributed by atoms with Gasteiger partial charge in [0.1, 0.15) is 12.4 Å². The van der Waals surface area contributed by atoms with Crippen molar-refractivity contribution in [3.63, 3.8) is 0 Å². The number of morpholine rings is 1. The van der Waals surface area contributed by atoms with E-state index in [0.29, 0.717) is 12.1 Å². The zero-order valence-electron chi connectivity index (χ0n) is 13.5. The predicted octanol–water partition coefficient (Wildman–Crippen LogP) is 2.28. The van der Waals surface area contributed by atoms with Gasteiger partial charge in [-0.3, -0.25) is 4.90 Å². The second kappa shape index (κ2) is 8.37. The third-order valence-electron chi connectivity index (χ3n) is 3.98. The van der Waals surface area contributed by atoms with Crippen LogP contribution in [0.5, 0.6) is 5.75 Å². The van der Waals surface area contributed by atoms with Crippen LogP contribution in [0.25, 0.3) is 0 Å². The van der Waals surface area contributed by atoms with Crippen LogP contribution in [-0.2, 0) is 11.3 Å². The summed E-state index contributed by atoms with van der Waals surface area (Å²) in [6, 6.07) is 8.82. The average molecular weight is 292 g/mol. The fourth-order valence-corrected chi connectivity index (χ4v) is 2.79. The van der Waals surface area contributed by atoms with Crippen LogP contribution in [-0.4, -0.2) is 50.4 Å². The van der Waals surface area contributed by atoms with Gasteiger partial charge in [-0.2, -0.15) is 0 Å². The van der Waals surface area contributed by atoms with E-state index in [1.807, 2.05) is 19.2 Å². The van der Waals surface area contributed by atoms with Gasteiger partial charge in [-0.05, 0) is 38.1 Å². The highest BCUT2D eigenvalue weighted by Gasteiger charge is 2.24. The van der Waals surface area contributed by atoms with Crippen molar-refractivity contribution in [3.8, 4) is 5.75 Å². The largest absolute Gasteiger partial charge is 0.492 e. The van der Waals surface area contributed by atoms with Crippen LogP contribution in [0, 0.1) is 0 Å². The molecule has 4 nitrogen and oxygen atoms in total. The average Bonchev–Trinajstić information content (AvgIpc) is 2.48. The Balaban J connectivity index is 1.81. The number of ether oxygens (including phenoxy) is 2. The predicted molar refractivity (Wildman–Crippen MR) is 85.8 cm³/mol. The number of hydrogen-bond acceptors (Lipinski definition) is 4. The van der Waals surface area contributed by atoms with Gasteiger partial charge in [0, 0.05) is 25.7 Å². The molecule has 0 aromatic heterocycles. The van der Waals surface area contributed by atoms with Gasteiger partial charge in [-0.25, -0.2) is 0 Å². The van der Waals surface area contributed by atoms with E-state index in [9.17, 15) is 0 Å². The summed E-state index contributed by atoms with van der Waals surface area (Å²) in [5, 5.41) is 3.16. The number of nitrogens with zero attached hydrogens (tertiary/aromatic N) is 1. The first-order valence-corrected chi connectivity index (χ1v) is 7.95. The molecule has 2 unspecified atom stereocenters. The van der Waals surface area contributed by atoms with Gasteiger partial charge < -0.3 is 14.8 Å². The Morgan fingerprint density at radius 2 is 2.29 bits per heavy atom. The fourth-order valence-electron chi connectivity index (χ4n) is 2.79. The molecule has 1 saturated heterocycles. The normalized spacial score (nSPS) is 23.2. The van der Waals surface area contributed by atoms with Crippen molar-refractivity contribution in [2.24, 2.45) is 0 Å². The maximum atomic E-state index is 5.91. The Kier molecular flexibility index (Phi) is 6.49. The minimum Gasteiger partial charge on any atom is -0.492 e. The summed E-state index contributed by atoms with van der Waals surface area (Å²) in [6.07, 6.45) is 1.46. The Labute approximate surface area is 128 Å². The van der Waals surface area contributed by atoms with Crippen LogP contribution in [0.3, 0.4) is 0 Å². The fraction of sp³-hybridized carbons (Fsp3) is 0.647. The van der Waals surface area contributed by atoms with Crippen molar-refractivity contribution < 1.29 is 9.47 Å². The van der Waals surface area contributed by atoms with Crippen LogP contribution in [0.15, 0.2) is 24.3 Å². The van der Waals surface area contributed by atoms with Crippen molar-refractivity contribution >= 4 is 0 Å². The van der Waals surface area contributed by atoms with Crippen molar-refractivity contribution in [1.29, 1.82) is 0 Å². The van der Waals surface area contributed by atoms with Crippen LogP contribution < -0.4 is 10.1 Å². The Bertz CT molecular complexity index is 425. The summed E-state index contributed by atoms with van der Waals surface area (Å²) in [6.45, 7) is 8.77. The highest BCUT2D eigenvalue weighted by molar-refractivity contribution is 5.28. The van der Waals surface area contributed by atoms with Gasteiger partial charge >= 0.3 is 0 Å². The van der Waals surface area contributed by atoms with Gasteiger partial charge in [-0.1, -0.05) is 19.1 Å². The first kappa shape index (κ1) is 16.3. The number of benzene rings is 1. The van der Waals surface area contributed by atoms with Gasteiger partial charge in [0.15, 0.2) is 0 Å². The van der Waals surface area contributed by atoms with Crippen LogP contribution in [0.2, 0.25) is 0 Å². The topological polar surface area (TPSA) is 33.7 Å². The molecule has 2 atom stereocenters. The second-order valence-electron chi connectivity index (χ2n) is 5.73. The molecule has 0 bridgehead atoms. The first-order valence-electron chi connectivity index (χ1n) is 7.95. The maximum Gasteiger partial charge on any atom is 0.119 e. The van der Waals surface area contributed by atoms with Crippen LogP contribution in [0.1, 0.15) is 25.8 Å². The summed E-state index contributed by atoms with van der Waals surface area (Å²) >= 11 is 0. The molecule has 0 radical (unpaired) electrons. The van der Waals surface area contributed by atoms with Crippen LogP contribution in [0.4, 0.5) is 0 Å². The molecule has 0 amide bonds. The molecule has 1 aliphatic heterocycles. The minimum absolute atomic E-state index is 0.326. The van der Waals surface area contributed by atoms with E-state index in [1.54, 1.807) is 0 Å². The van der Waals surface area contributed by atoms with E-state index in [-0.39, 0.29) is 0 Å². The maximum absolute atomic E-state index is 5.91. The molecule has 1 N–H and O–H groups in total. The molecule has 1 aromatic rings. The standard InChI is InChI=1S/C17H28N2O2/c1-4-16-13-21-14(2)12-19(16)8-9-20-17-7-5-6-15(10-17)11-18-3/h5-7,10,14,16,18H,4,8-9,11-13H2,1-3H3. The number of rotatable bonds is 7. The lowest BCUT2D eigenvalue weighted by Crippen LogP contribution is -2.49. The second-order valence-corrected chi connectivity index (χ2v) is 5.73. The molecular formula is C17H28N2O2. The lowest BCUT2D eigenvalue weighted by Gasteiger charge is -2.38. The van der Waals surface area contributed by atoms with Crippen molar-refractivity contribution in [1.82, 2.24) is 10.2 Å². The van der Waals surface area contributed by atoms with E-state index in [2.05, 4.69) is 36.2 Å².